The SMILES string of the molecule is COc1ccc(OC)c(C2c3c(oc4ccc(F)cc4c3=O)C(=O)N2CCN(C)C)c1. The highest BCUT2D eigenvalue weighted by molar-refractivity contribution is 5.99. The van der Waals surface area contributed by atoms with Gasteiger partial charge in [-0.15, -0.1) is 0 Å². The van der Waals surface area contributed by atoms with Gasteiger partial charge in [0.1, 0.15) is 22.9 Å². The number of likely N-dealkylation sites (N-methyl/N-ethyl adjacent to an activating group) is 1. The largest absolute Gasteiger partial charge is 0.497 e. The second-order valence-electron chi connectivity index (χ2n) is 7.63. The predicted molar refractivity (Wildman–Crippen MR) is 113 cm³/mol. The highest BCUT2D eigenvalue weighted by atomic mass is 19.1. The lowest BCUT2D eigenvalue weighted by Gasteiger charge is -2.27. The number of halogens is 1. The molecule has 3 aromatic rings. The third-order valence-electron chi connectivity index (χ3n) is 5.45. The van der Waals surface area contributed by atoms with Crippen molar-refractivity contribution in [3.63, 3.8) is 0 Å². The highest BCUT2D eigenvalue weighted by Gasteiger charge is 2.43. The normalized spacial score (nSPS) is 15.6. The van der Waals surface area contributed by atoms with Crippen LogP contribution in [-0.2, 0) is 0 Å². The van der Waals surface area contributed by atoms with Gasteiger partial charge in [-0.25, -0.2) is 4.39 Å². The lowest BCUT2D eigenvalue weighted by Crippen LogP contribution is -2.35. The molecule has 0 saturated heterocycles. The Bertz CT molecular complexity index is 1220. The van der Waals surface area contributed by atoms with Crippen molar-refractivity contribution in [2.75, 3.05) is 41.4 Å². The molecule has 0 spiro atoms. The minimum atomic E-state index is -0.753. The van der Waals surface area contributed by atoms with Crippen molar-refractivity contribution in [2.45, 2.75) is 6.04 Å². The Morgan fingerprint density at radius 3 is 2.55 bits per heavy atom. The van der Waals surface area contributed by atoms with Gasteiger partial charge in [0.05, 0.1) is 31.2 Å². The number of hydrogen-bond acceptors (Lipinski definition) is 6. The highest BCUT2D eigenvalue weighted by Crippen LogP contribution is 2.42. The van der Waals surface area contributed by atoms with E-state index in [1.165, 1.54) is 26.4 Å². The number of fused-ring (bicyclic) bond motifs is 2. The van der Waals surface area contributed by atoms with E-state index in [0.717, 1.165) is 6.07 Å². The van der Waals surface area contributed by atoms with Crippen LogP contribution in [0.15, 0.2) is 45.6 Å². The Morgan fingerprint density at radius 2 is 1.87 bits per heavy atom. The van der Waals surface area contributed by atoms with E-state index in [4.69, 9.17) is 13.9 Å². The topological polar surface area (TPSA) is 72.2 Å². The molecule has 1 atom stereocenters. The van der Waals surface area contributed by atoms with Crippen molar-refractivity contribution >= 4 is 16.9 Å². The van der Waals surface area contributed by atoms with Gasteiger partial charge in [-0.05, 0) is 50.5 Å². The van der Waals surface area contributed by atoms with Gasteiger partial charge < -0.3 is 23.7 Å². The van der Waals surface area contributed by atoms with E-state index in [1.807, 2.05) is 19.0 Å². The van der Waals surface area contributed by atoms with Crippen molar-refractivity contribution < 1.29 is 23.1 Å². The molecule has 4 rings (SSSR count). The summed E-state index contributed by atoms with van der Waals surface area (Å²) in [6.07, 6.45) is 0. The zero-order valence-electron chi connectivity index (χ0n) is 17.8. The lowest BCUT2D eigenvalue weighted by molar-refractivity contribution is 0.0715. The van der Waals surface area contributed by atoms with Crippen LogP contribution in [0.5, 0.6) is 11.5 Å². The summed E-state index contributed by atoms with van der Waals surface area (Å²) < 4.78 is 30.6. The van der Waals surface area contributed by atoms with E-state index in [9.17, 15) is 14.0 Å². The molecule has 8 heteroatoms. The standard InChI is InChI=1S/C23H23FN2O5/c1-25(2)9-10-26-20(15-12-14(29-3)6-8-17(15)30-4)19-21(27)16-11-13(24)5-7-18(16)31-22(19)23(26)28/h5-8,11-12,20H,9-10H2,1-4H3. The quantitative estimate of drug-likeness (QED) is 0.603. The molecule has 2 aromatic carbocycles. The number of methoxy groups -OCH3 is 2. The van der Waals surface area contributed by atoms with Crippen molar-refractivity contribution in [3.05, 3.63) is 69.3 Å². The van der Waals surface area contributed by atoms with E-state index in [2.05, 4.69) is 0 Å². The van der Waals surface area contributed by atoms with Crippen LogP contribution in [0.3, 0.4) is 0 Å². The molecular weight excluding hydrogens is 403 g/mol. The van der Waals surface area contributed by atoms with Crippen molar-refractivity contribution in [1.29, 1.82) is 0 Å². The van der Waals surface area contributed by atoms with Gasteiger partial charge in [-0.3, -0.25) is 9.59 Å². The molecule has 1 aliphatic heterocycles. The fourth-order valence-corrected chi connectivity index (χ4v) is 3.91. The van der Waals surface area contributed by atoms with Crippen LogP contribution in [0, 0.1) is 5.82 Å². The maximum absolute atomic E-state index is 13.9. The summed E-state index contributed by atoms with van der Waals surface area (Å²) >= 11 is 0. The monoisotopic (exact) mass is 426 g/mol. The summed E-state index contributed by atoms with van der Waals surface area (Å²) in [5.74, 6) is 0.0809. The van der Waals surface area contributed by atoms with Crippen LogP contribution in [0.1, 0.15) is 27.7 Å². The number of carbonyl (C=O) groups is 1. The van der Waals surface area contributed by atoms with E-state index in [0.29, 0.717) is 30.2 Å². The van der Waals surface area contributed by atoms with E-state index in [1.54, 1.807) is 23.1 Å². The fourth-order valence-electron chi connectivity index (χ4n) is 3.91. The van der Waals surface area contributed by atoms with Crippen LogP contribution in [0.4, 0.5) is 4.39 Å². The third-order valence-corrected chi connectivity index (χ3v) is 5.45. The molecular formula is C23H23FN2O5. The first-order valence-electron chi connectivity index (χ1n) is 9.79. The molecule has 1 aromatic heterocycles. The number of hydrogen-bond donors (Lipinski definition) is 0. The molecule has 0 radical (unpaired) electrons. The minimum absolute atomic E-state index is 0.0299. The first-order chi connectivity index (χ1) is 14.8. The molecule has 1 unspecified atom stereocenters. The first kappa shape index (κ1) is 20.9. The molecule has 0 saturated carbocycles. The number of amides is 1. The maximum atomic E-state index is 13.9. The number of carbonyl (C=O) groups excluding carboxylic acids is 1. The Labute approximate surface area is 178 Å². The number of ether oxygens (including phenoxy) is 2. The number of nitrogens with zero attached hydrogens (tertiary/aromatic N) is 2. The Balaban J connectivity index is 2.00. The Kier molecular flexibility index (Phi) is 5.41. The average molecular weight is 426 g/mol. The van der Waals surface area contributed by atoms with Crippen LogP contribution in [0.2, 0.25) is 0 Å². The number of rotatable bonds is 6. The van der Waals surface area contributed by atoms with Crippen LogP contribution < -0.4 is 14.9 Å². The fraction of sp³-hybridized carbons (Fsp3) is 0.304. The van der Waals surface area contributed by atoms with Gasteiger partial charge in [0.25, 0.3) is 5.91 Å². The average Bonchev–Trinajstić information content (AvgIpc) is 3.04. The predicted octanol–water partition coefficient (Wildman–Crippen LogP) is 3.06. The minimum Gasteiger partial charge on any atom is -0.497 e. The van der Waals surface area contributed by atoms with Crippen molar-refractivity contribution in [3.8, 4) is 11.5 Å². The van der Waals surface area contributed by atoms with Gasteiger partial charge in [-0.1, -0.05) is 0 Å². The zero-order valence-corrected chi connectivity index (χ0v) is 17.8. The molecule has 2 heterocycles. The summed E-state index contributed by atoms with van der Waals surface area (Å²) in [5.41, 5.74) is 0.500. The van der Waals surface area contributed by atoms with Gasteiger partial charge in [0, 0.05) is 18.7 Å². The van der Waals surface area contributed by atoms with Gasteiger partial charge in [0.2, 0.25) is 5.76 Å². The smallest absolute Gasteiger partial charge is 0.290 e. The molecule has 162 valence electrons. The van der Waals surface area contributed by atoms with Crippen LogP contribution >= 0.6 is 0 Å². The van der Waals surface area contributed by atoms with Gasteiger partial charge >= 0.3 is 0 Å². The maximum Gasteiger partial charge on any atom is 0.290 e. The molecule has 1 amide bonds. The molecule has 0 fully saturated rings. The molecule has 1 aliphatic rings. The second kappa shape index (κ2) is 8.03. The summed E-state index contributed by atoms with van der Waals surface area (Å²) in [6.45, 7) is 0.927. The molecule has 0 N–H and O–H groups in total. The Morgan fingerprint density at radius 1 is 1.10 bits per heavy atom. The first-order valence-corrected chi connectivity index (χ1v) is 9.79. The van der Waals surface area contributed by atoms with E-state index in [-0.39, 0.29) is 22.3 Å². The summed E-state index contributed by atoms with van der Waals surface area (Å²) in [4.78, 5) is 30.3. The zero-order chi connectivity index (χ0) is 22.3. The Hall–Kier alpha value is -3.39. The van der Waals surface area contributed by atoms with Crippen LogP contribution in [-0.4, -0.2) is 57.1 Å². The summed E-state index contributed by atoms with van der Waals surface area (Å²) in [7, 11) is 6.85. The van der Waals surface area contributed by atoms with Crippen molar-refractivity contribution in [1.82, 2.24) is 9.80 Å². The number of benzene rings is 2. The summed E-state index contributed by atoms with van der Waals surface area (Å²) in [5, 5.41) is 0.0906. The lowest BCUT2D eigenvalue weighted by atomic mass is 9.97. The van der Waals surface area contributed by atoms with E-state index < -0.39 is 23.2 Å². The van der Waals surface area contributed by atoms with Gasteiger partial charge in [-0.2, -0.15) is 0 Å². The second-order valence-corrected chi connectivity index (χ2v) is 7.63. The molecule has 7 nitrogen and oxygen atoms in total. The van der Waals surface area contributed by atoms with Crippen LogP contribution in [0.25, 0.3) is 11.0 Å². The third kappa shape index (κ3) is 3.53. The van der Waals surface area contributed by atoms with Gasteiger partial charge in [0.15, 0.2) is 5.43 Å². The van der Waals surface area contributed by atoms with E-state index >= 15 is 0 Å². The molecule has 0 bridgehead atoms. The van der Waals surface area contributed by atoms with Crippen molar-refractivity contribution in [2.24, 2.45) is 0 Å². The molecule has 31 heavy (non-hydrogen) atoms. The molecule has 0 aliphatic carbocycles. The summed E-state index contributed by atoms with van der Waals surface area (Å²) in [6, 6.07) is 8.15.